The van der Waals surface area contributed by atoms with Crippen molar-refractivity contribution in [1.29, 1.82) is 0 Å². The van der Waals surface area contributed by atoms with Crippen LogP contribution < -0.4 is 5.32 Å². The highest BCUT2D eigenvalue weighted by Crippen LogP contribution is 2.35. The SMILES string of the molecule is CC(C)(C)Nc1ccc(C(C)(C)C)cc1C(C)(C)C. The molecule has 0 heterocycles. The maximum atomic E-state index is 3.63. The number of hydrogen-bond donors (Lipinski definition) is 1. The zero-order valence-electron chi connectivity index (χ0n) is 14.2. The molecule has 1 aromatic rings. The molecule has 0 saturated heterocycles. The Morgan fingerprint density at radius 3 is 1.63 bits per heavy atom. The normalized spacial score (nSPS) is 13.5. The molecule has 1 N–H and O–H groups in total. The predicted molar refractivity (Wildman–Crippen MR) is 87.2 cm³/mol. The average Bonchev–Trinajstić information content (AvgIpc) is 2.11. The summed E-state index contributed by atoms with van der Waals surface area (Å²) in [6, 6.07) is 6.86. The quantitative estimate of drug-likeness (QED) is 0.704. The van der Waals surface area contributed by atoms with Crippen LogP contribution in [0.15, 0.2) is 18.2 Å². The summed E-state index contributed by atoms with van der Waals surface area (Å²) < 4.78 is 0. The fraction of sp³-hybridized carbons (Fsp3) is 0.667. The fourth-order valence-corrected chi connectivity index (χ4v) is 2.14. The lowest BCUT2D eigenvalue weighted by Gasteiger charge is -2.31. The van der Waals surface area contributed by atoms with E-state index in [1.807, 2.05) is 0 Å². The number of nitrogens with one attached hydrogen (secondary N) is 1. The summed E-state index contributed by atoms with van der Waals surface area (Å²) in [5.41, 5.74) is 4.48. The fourth-order valence-electron chi connectivity index (χ4n) is 2.14. The highest BCUT2D eigenvalue weighted by molar-refractivity contribution is 5.57. The highest BCUT2D eigenvalue weighted by atomic mass is 15.0. The Labute approximate surface area is 119 Å². The van der Waals surface area contributed by atoms with Crippen LogP contribution >= 0.6 is 0 Å². The lowest BCUT2D eigenvalue weighted by molar-refractivity contribution is 0.565. The van der Waals surface area contributed by atoms with Crippen molar-refractivity contribution < 1.29 is 0 Å². The molecule has 0 aliphatic rings. The van der Waals surface area contributed by atoms with Gasteiger partial charge < -0.3 is 5.32 Å². The first kappa shape index (κ1) is 16.1. The summed E-state index contributed by atoms with van der Waals surface area (Å²) >= 11 is 0. The maximum Gasteiger partial charge on any atom is 0.0382 e. The van der Waals surface area contributed by atoms with Gasteiger partial charge in [-0.1, -0.05) is 53.7 Å². The van der Waals surface area contributed by atoms with Gasteiger partial charge in [0.05, 0.1) is 0 Å². The molecule has 1 heteroatoms. The molecule has 0 unspecified atom stereocenters. The van der Waals surface area contributed by atoms with Crippen LogP contribution in [0.3, 0.4) is 0 Å². The predicted octanol–water partition coefficient (Wildman–Crippen LogP) is 5.49. The van der Waals surface area contributed by atoms with Gasteiger partial charge in [-0.3, -0.25) is 0 Å². The van der Waals surface area contributed by atoms with Gasteiger partial charge in [0.2, 0.25) is 0 Å². The molecular formula is C18H31N. The van der Waals surface area contributed by atoms with E-state index < -0.39 is 0 Å². The molecular weight excluding hydrogens is 230 g/mol. The van der Waals surface area contributed by atoms with E-state index in [1.165, 1.54) is 16.8 Å². The van der Waals surface area contributed by atoms with Crippen molar-refractivity contribution >= 4 is 5.69 Å². The molecule has 19 heavy (non-hydrogen) atoms. The van der Waals surface area contributed by atoms with Crippen molar-refractivity contribution in [2.45, 2.75) is 78.7 Å². The van der Waals surface area contributed by atoms with Gasteiger partial charge in [0.15, 0.2) is 0 Å². The molecule has 1 aromatic carbocycles. The van der Waals surface area contributed by atoms with Crippen LogP contribution in [0.1, 0.15) is 73.4 Å². The lowest BCUT2D eigenvalue weighted by atomic mass is 9.79. The standard InChI is InChI=1S/C18H31N/c1-16(2,3)13-10-11-15(19-18(7,8)9)14(12-13)17(4,5)6/h10-12,19H,1-9H3. The minimum atomic E-state index is 0.0866. The summed E-state index contributed by atoms with van der Waals surface area (Å²) in [5.74, 6) is 0. The van der Waals surface area contributed by atoms with Crippen molar-refractivity contribution in [2.24, 2.45) is 0 Å². The van der Waals surface area contributed by atoms with E-state index in [-0.39, 0.29) is 16.4 Å². The van der Waals surface area contributed by atoms with Crippen LogP contribution in [0.25, 0.3) is 0 Å². The molecule has 0 fully saturated rings. The van der Waals surface area contributed by atoms with E-state index in [9.17, 15) is 0 Å². The Hall–Kier alpha value is -0.980. The molecule has 0 aliphatic carbocycles. The molecule has 0 aliphatic heterocycles. The van der Waals surface area contributed by atoms with Crippen LogP contribution in [0.4, 0.5) is 5.69 Å². The largest absolute Gasteiger partial charge is 0.380 e. The number of hydrogen-bond acceptors (Lipinski definition) is 1. The van der Waals surface area contributed by atoms with E-state index >= 15 is 0 Å². The Kier molecular flexibility index (Phi) is 4.10. The van der Waals surface area contributed by atoms with Crippen molar-refractivity contribution in [3.05, 3.63) is 29.3 Å². The smallest absolute Gasteiger partial charge is 0.0382 e. The van der Waals surface area contributed by atoms with Crippen molar-refractivity contribution in [3.63, 3.8) is 0 Å². The van der Waals surface area contributed by atoms with Crippen LogP contribution in [0, 0.1) is 0 Å². The van der Waals surface area contributed by atoms with Crippen molar-refractivity contribution in [2.75, 3.05) is 5.32 Å². The molecule has 1 rings (SSSR count). The Bertz CT molecular complexity index is 436. The molecule has 0 saturated carbocycles. The van der Waals surface area contributed by atoms with Crippen LogP contribution in [-0.4, -0.2) is 5.54 Å². The second-order valence-corrected chi connectivity index (χ2v) is 8.64. The molecule has 0 aromatic heterocycles. The van der Waals surface area contributed by atoms with Gasteiger partial charge >= 0.3 is 0 Å². The first-order chi connectivity index (χ1) is 8.31. The average molecular weight is 261 g/mol. The van der Waals surface area contributed by atoms with E-state index in [0.29, 0.717) is 0 Å². The van der Waals surface area contributed by atoms with Gasteiger partial charge in [-0.2, -0.15) is 0 Å². The Morgan fingerprint density at radius 1 is 0.737 bits per heavy atom. The Balaban J connectivity index is 3.34. The van der Waals surface area contributed by atoms with E-state index in [4.69, 9.17) is 0 Å². The van der Waals surface area contributed by atoms with Crippen LogP contribution in [0.2, 0.25) is 0 Å². The molecule has 1 nitrogen and oxygen atoms in total. The summed E-state index contributed by atoms with van der Waals surface area (Å²) in [5, 5.41) is 3.63. The number of rotatable bonds is 1. The summed E-state index contributed by atoms with van der Waals surface area (Å²) in [4.78, 5) is 0. The van der Waals surface area contributed by atoms with Gasteiger partial charge in [-0.25, -0.2) is 0 Å². The second-order valence-electron chi connectivity index (χ2n) is 8.64. The van der Waals surface area contributed by atoms with Gasteiger partial charge in [-0.15, -0.1) is 0 Å². The first-order valence-corrected chi connectivity index (χ1v) is 7.24. The van der Waals surface area contributed by atoms with E-state index in [1.54, 1.807) is 0 Å². The van der Waals surface area contributed by atoms with E-state index in [0.717, 1.165) is 0 Å². The van der Waals surface area contributed by atoms with E-state index in [2.05, 4.69) is 85.8 Å². The summed E-state index contributed by atoms with van der Waals surface area (Å²) in [6.07, 6.45) is 0. The van der Waals surface area contributed by atoms with Gasteiger partial charge in [0.25, 0.3) is 0 Å². The molecule has 0 atom stereocenters. The molecule has 0 radical (unpaired) electrons. The van der Waals surface area contributed by atoms with Crippen molar-refractivity contribution in [3.8, 4) is 0 Å². The van der Waals surface area contributed by atoms with Gasteiger partial charge in [0.1, 0.15) is 0 Å². The lowest BCUT2D eigenvalue weighted by Crippen LogP contribution is -2.28. The summed E-state index contributed by atoms with van der Waals surface area (Å²) in [6.45, 7) is 20.3. The highest BCUT2D eigenvalue weighted by Gasteiger charge is 2.23. The summed E-state index contributed by atoms with van der Waals surface area (Å²) in [7, 11) is 0. The van der Waals surface area contributed by atoms with Gasteiger partial charge in [-0.05, 0) is 48.8 Å². The zero-order chi connectivity index (χ0) is 15.1. The minimum Gasteiger partial charge on any atom is -0.380 e. The van der Waals surface area contributed by atoms with Crippen LogP contribution in [-0.2, 0) is 10.8 Å². The van der Waals surface area contributed by atoms with Crippen molar-refractivity contribution in [1.82, 2.24) is 0 Å². The van der Waals surface area contributed by atoms with Gasteiger partial charge in [0, 0.05) is 11.2 Å². The maximum absolute atomic E-state index is 3.63. The third kappa shape index (κ3) is 4.56. The molecule has 0 spiro atoms. The molecule has 0 bridgehead atoms. The number of benzene rings is 1. The minimum absolute atomic E-state index is 0.0866. The Morgan fingerprint density at radius 2 is 1.26 bits per heavy atom. The zero-order valence-corrected chi connectivity index (χ0v) is 14.2. The third-order valence-electron chi connectivity index (χ3n) is 3.20. The second kappa shape index (κ2) is 4.85. The molecule has 0 amide bonds. The monoisotopic (exact) mass is 261 g/mol. The first-order valence-electron chi connectivity index (χ1n) is 7.24. The molecule has 108 valence electrons. The topological polar surface area (TPSA) is 12.0 Å². The number of anilines is 1. The van der Waals surface area contributed by atoms with Crippen LogP contribution in [0.5, 0.6) is 0 Å². The third-order valence-corrected chi connectivity index (χ3v) is 3.20.